The molecular weight excluding hydrogens is 584 g/mol. The quantitative estimate of drug-likeness (QED) is 0.324. The van der Waals surface area contributed by atoms with Crippen LogP contribution in [0.4, 0.5) is 0 Å². The van der Waals surface area contributed by atoms with Gasteiger partial charge in [0.15, 0.2) is 5.60 Å². The average Bonchev–Trinajstić information content (AvgIpc) is 3.73. The van der Waals surface area contributed by atoms with E-state index in [4.69, 9.17) is 9.47 Å². The van der Waals surface area contributed by atoms with E-state index in [0.717, 1.165) is 35.0 Å². The zero-order valence-corrected chi connectivity index (χ0v) is 25.8. The van der Waals surface area contributed by atoms with Gasteiger partial charge in [-0.25, -0.2) is 18.1 Å². The van der Waals surface area contributed by atoms with E-state index in [1.165, 1.54) is 16.6 Å². The minimum atomic E-state index is -3.99. The Balaban J connectivity index is 1.32. The number of benzene rings is 1. The molecule has 0 amide bonds. The monoisotopic (exact) mass is 618 g/mol. The first-order valence-corrected chi connectivity index (χ1v) is 16.1. The van der Waals surface area contributed by atoms with Crippen LogP contribution in [0.15, 0.2) is 47.6 Å². The Morgan fingerprint density at radius 1 is 1.18 bits per heavy atom. The molecule has 7 rings (SSSR count). The van der Waals surface area contributed by atoms with Crippen LogP contribution in [0.25, 0.3) is 11.0 Å². The lowest BCUT2D eigenvalue weighted by atomic mass is 9.70. The van der Waals surface area contributed by atoms with Crippen molar-refractivity contribution < 1.29 is 27.8 Å². The SMILES string of the molecule is Cc1ncc([C@@H](c2ccc3c(nnn3C3CC3)c2C)C(C)(C)C(=O)O)cc1CN1CC2(COC2)Oc2ncccc2S1(=O)=O. The Bertz CT molecular complexity index is 1910. The molecule has 44 heavy (non-hydrogen) atoms. The molecule has 1 atom stereocenters. The van der Waals surface area contributed by atoms with Crippen LogP contribution in [-0.4, -0.2) is 74.1 Å². The number of pyridine rings is 2. The van der Waals surface area contributed by atoms with Gasteiger partial charge in [-0.05, 0) is 81.0 Å². The standard InChI is InChI=1S/C31H34N6O6S/c1-18-23(9-10-24-27(18)34-35-37(24)22-7-8-22)26(30(3,4)29(38)39)20-12-21(19(2)33-13-20)14-36-15-31(16-42-17-31)43-28-25(44(36,40)41)6-5-11-32-28/h5-6,9-13,22,26H,7-8,14-17H2,1-4H3,(H,38,39)/t26-/m0/s1. The summed E-state index contributed by atoms with van der Waals surface area (Å²) in [6.07, 6.45) is 5.34. The lowest BCUT2D eigenvalue weighted by Gasteiger charge is -2.41. The molecule has 5 heterocycles. The van der Waals surface area contributed by atoms with Gasteiger partial charge in [-0.2, -0.15) is 4.31 Å². The first-order chi connectivity index (χ1) is 20.9. The van der Waals surface area contributed by atoms with Gasteiger partial charge in [0.2, 0.25) is 15.9 Å². The summed E-state index contributed by atoms with van der Waals surface area (Å²) >= 11 is 0. The molecular formula is C31H34N6O6S. The number of aromatic nitrogens is 5. The summed E-state index contributed by atoms with van der Waals surface area (Å²) in [6.45, 7) is 7.75. The Kier molecular flexibility index (Phi) is 6.58. The molecule has 4 aromatic rings. The van der Waals surface area contributed by atoms with E-state index in [2.05, 4.69) is 20.3 Å². The fourth-order valence-corrected chi connectivity index (χ4v) is 7.88. The fourth-order valence-electron chi connectivity index (χ4n) is 6.32. The Hall–Kier alpha value is -3.94. The minimum Gasteiger partial charge on any atom is -0.481 e. The molecule has 1 saturated carbocycles. The summed E-state index contributed by atoms with van der Waals surface area (Å²) < 4.78 is 42.8. The van der Waals surface area contributed by atoms with Crippen molar-refractivity contribution in [3.8, 4) is 5.88 Å². The average molecular weight is 619 g/mol. The molecule has 230 valence electrons. The number of aliphatic carboxylic acids is 1. The number of sulfonamides is 1. The molecule has 1 saturated heterocycles. The number of carboxylic acids is 1. The van der Waals surface area contributed by atoms with E-state index in [0.29, 0.717) is 22.9 Å². The summed E-state index contributed by atoms with van der Waals surface area (Å²) in [7, 11) is -3.99. The van der Waals surface area contributed by atoms with Crippen LogP contribution in [0.2, 0.25) is 0 Å². The molecule has 13 heteroatoms. The maximum atomic E-state index is 13.9. The van der Waals surface area contributed by atoms with Gasteiger partial charge in [-0.1, -0.05) is 17.3 Å². The van der Waals surface area contributed by atoms with Crippen molar-refractivity contribution in [3.05, 3.63) is 70.7 Å². The number of hydrogen-bond acceptors (Lipinski definition) is 9. The predicted octanol–water partition coefficient (Wildman–Crippen LogP) is 3.77. The number of carbonyl (C=O) groups is 1. The second-order valence-corrected chi connectivity index (χ2v) is 14.6. The van der Waals surface area contributed by atoms with Gasteiger partial charge in [-0.15, -0.1) is 5.10 Å². The summed E-state index contributed by atoms with van der Waals surface area (Å²) in [4.78, 5) is 21.6. The van der Waals surface area contributed by atoms with Crippen LogP contribution >= 0.6 is 0 Å². The van der Waals surface area contributed by atoms with Crippen molar-refractivity contribution in [2.75, 3.05) is 19.8 Å². The van der Waals surface area contributed by atoms with Gasteiger partial charge in [-0.3, -0.25) is 9.78 Å². The van der Waals surface area contributed by atoms with Gasteiger partial charge >= 0.3 is 5.97 Å². The van der Waals surface area contributed by atoms with Crippen LogP contribution < -0.4 is 4.74 Å². The molecule has 2 fully saturated rings. The first-order valence-electron chi connectivity index (χ1n) is 14.7. The lowest BCUT2D eigenvalue weighted by Crippen LogP contribution is -2.60. The molecule has 0 unspecified atom stereocenters. The second kappa shape index (κ2) is 10.0. The first kappa shape index (κ1) is 28.8. The number of fused-ring (bicyclic) bond motifs is 2. The van der Waals surface area contributed by atoms with Crippen molar-refractivity contribution >= 4 is 27.0 Å². The highest BCUT2D eigenvalue weighted by Crippen LogP contribution is 2.45. The normalized spacial score (nSPS) is 20.0. The molecule has 0 radical (unpaired) electrons. The molecule has 1 spiro atoms. The lowest BCUT2D eigenvalue weighted by molar-refractivity contribution is -0.166. The maximum Gasteiger partial charge on any atom is 0.310 e. The highest BCUT2D eigenvalue weighted by atomic mass is 32.2. The largest absolute Gasteiger partial charge is 0.481 e. The molecule has 2 aliphatic heterocycles. The Morgan fingerprint density at radius 2 is 1.95 bits per heavy atom. The summed E-state index contributed by atoms with van der Waals surface area (Å²) in [5, 5.41) is 19.3. The van der Waals surface area contributed by atoms with Gasteiger partial charge in [0.1, 0.15) is 10.4 Å². The number of carboxylic acid groups (broad SMARTS) is 1. The zero-order valence-electron chi connectivity index (χ0n) is 25.0. The third-order valence-electron chi connectivity index (χ3n) is 9.17. The van der Waals surface area contributed by atoms with Crippen LogP contribution in [0.1, 0.15) is 66.6 Å². The van der Waals surface area contributed by atoms with Crippen LogP contribution in [0.3, 0.4) is 0 Å². The van der Waals surface area contributed by atoms with Crippen molar-refractivity contribution in [2.24, 2.45) is 5.41 Å². The van der Waals surface area contributed by atoms with Gasteiger partial charge < -0.3 is 14.6 Å². The second-order valence-electron chi connectivity index (χ2n) is 12.7. The van der Waals surface area contributed by atoms with Crippen molar-refractivity contribution in [1.82, 2.24) is 29.3 Å². The van der Waals surface area contributed by atoms with E-state index in [9.17, 15) is 18.3 Å². The molecule has 0 bridgehead atoms. The van der Waals surface area contributed by atoms with E-state index in [1.807, 2.05) is 36.7 Å². The molecule has 1 N–H and O–H groups in total. The van der Waals surface area contributed by atoms with Crippen LogP contribution in [-0.2, 0) is 26.1 Å². The molecule has 3 aromatic heterocycles. The minimum absolute atomic E-state index is 0.00130. The van der Waals surface area contributed by atoms with Crippen molar-refractivity contribution in [1.29, 1.82) is 0 Å². The number of hydrogen-bond donors (Lipinski definition) is 1. The van der Waals surface area contributed by atoms with E-state index < -0.39 is 32.9 Å². The highest BCUT2D eigenvalue weighted by Gasteiger charge is 2.49. The number of rotatable bonds is 7. The van der Waals surface area contributed by atoms with Crippen molar-refractivity contribution in [2.45, 2.75) is 69.5 Å². The van der Waals surface area contributed by atoms with Gasteiger partial charge in [0.25, 0.3) is 0 Å². The highest BCUT2D eigenvalue weighted by molar-refractivity contribution is 7.89. The maximum absolute atomic E-state index is 13.9. The fraction of sp³-hybridized carbons (Fsp3) is 0.452. The number of ether oxygens (including phenoxy) is 2. The molecule has 3 aliphatic rings. The van der Waals surface area contributed by atoms with E-state index in [1.54, 1.807) is 26.1 Å². The third kappa shape index (κ3) is 4.56. The Labute approximate surface area is 255 Å². The number of aryl methyl sites for hydroxylation is 2. The summed E-state index contributed by atoms with van der Waals surface area (Å²) in [5.74, 6) is -1.51. The third-order valence-corrected chi connectivity index (χ3v) is 11.0. The van der Waals surface area contributed by atoms with E-state index in [-0.39, 0.29) is 37.1 Å². The van der Waals surface area contributed by atoms with Gasteiger partial charge in [0, 0.05) is 30.6 Å². The number of nitrogens with zero attached hydrogens (tertiary/aromatic N) is 6. The zero-order chi connectivity index (χ0) is 31.0. The van der Waals surface area contributed by atoms with E-state index >= 15 is 0 Å². The summed E-state index contributed by atoms with van der Waals surface area (Å²) in [6, 6.07) is 9.25. The molecule has 1 aliphatic carbocycles. The van der Waals surface area contributed by atoms with Gasteiger partial charge in [0.05, 0.1) is 36.7 Å². The molecule has 1 aromatic carbocycles. The summed E-state index contributed by atoms with van der Waals surface area (Å²) in [5.41, 5.74) is 3.25. The predicted molar refractivity (Wildman–Crippen MR) is 159 cm³/mol. The van der Waals surface area contributed by atoms with Crippen LogP contribution in [0, 0.1) is 19.3 Å². The topological polar surface area (TPSA) is 150 Å². The van der Waals surface area contributed by atoms with Crippen LogP contribution in [0.5, 0.6) is 5.88 Å². The van der Waals surface area contributed by atoms with Crippen molar-refractivity contribution in [3.63, 3.8) is 0 Å². The smallest absolute Gasteiger partial charge is 0.310 e. The molecule has 12 nitrogen and oxygen atoms in total. The Morgan fingerprint density at radius 3 is 2.64 bits per heavy atom.